The first-order valence-electron chi connectivity index (χ1n) is 13.3. The van der Waals surface area contributed by atoms with E-state index in [4.69, 9.17) is 0 Å². The molecule has 0 spiro atoms. The number of hydrogen-bond donors (Lipinski definition) is 1. The standard InChI is InChI=1S/C29H48O/c1-7-19(2)20(3)8-9-21(4)25-12-13-26-24-11-10-22-18-23(30)14-16-28(22,5)27(24)15-17-29(25,26)6/h10,20-21,23-27,30H,2,7-9,11-18H2,1,3-6H3/t20-,21-,23+,24-,25+,26+,27+,28-,29-/m1/s1. The highest BCUT2D eigenvalue weighted by Gasteiger charge is 2.59. The van der Waals surface area contributed by atoms with E-state index < -0.39 is 0 Å². The molecule has 0 aliphatic heterocycles. The Balaban J connectivity index is 1.47. The van der Waals surface area contributed by atoms with Gasteiger partial charge in [0.2, 0.25) is 0 Å². The minimum atomic E-state index is -0.0855. The van der Waals surface area contributed by atoms with E-state index in [0.29, 0.717) is 16.7 Å². The molecule has 0 aromatic heterocycles. The third-order valence-electron chi connectivity index (χ3n) is 11.0. The van der Waals surface area contributed by atoms with E-state index in [-0.39, 0.29) is 6.10 Å². The van der Waals surface area contributed by atoms with E-state index in [1.165, 1.54) is 56.9 Å². The number of rotatable bonds is 6. The minimum absolute atomic E-state index is 0.0855. The number of aliphatic hydroxyl groups excluding tert-OH is 1. The lowest BCUT2D eigenvalue weighted by Gasteiger charge is -2.58. The maximum absolute atomic E-state index is 10.2. The van der Waals surface area contributed by atoms with Gasteiger partial charge in [0.25, 0.3) is 0 Å². The predicted molar refractivity (Wildman–Crippen MR) is 128 cm³/mol. The molecule has 30 heavy (non-hydrogen) atoms. The fourth-order valence-electron chi connectivity index (χ4n) is 8.88. The molecule has 0 aromatic carbocycles. The summed E-state index contributed by atoms with van der Waals surface area (Å²) in [5.74, 6) is 5.12. The number of fused-ring (bicyclic) bond motifs is 5. The van der Waals surface area contributed by atoms with Crippen molar-refractivity contribution in [3.05, 3.63) is 23.8 Å². The van der Waals surface area contributed by atoms with Crippen molar-refractivity contribution in [2.24, 2.45) is 46.3 Å². The number of allylic oxidation sites excluding steroid dienone is 2. The summed E-state index contributed by atoms with van der Waals surface area (Å²) >= 11 is 0. The van der Waals surface area contributed by atoms with Crippen molar-refractivity contribution in [3.63, 3.8) is 0 Å². The first-order valence-corrected chi connectivity index (χ1v) is 13.3. The molecule has 0 saturated heterocycles. The predicted octanol–water partition coefficient (Wildman–Crippen LogP) is 7.94. The molecule has 0 bridgehead atoms. The van der Waals surface area contributed by atoms with Crippen LogP contribution in [0.15, 0.2) is 23.8 Å². The topological polar surface area (TPSA) is 20.2 Å². The monoisotopic (exact) mass is 412 g/mol. The summed E-state index contributed by atoms with van der Waals surface area (Å²) in [7, 11) is 0. The fraction of sp³-hybridized carbons (Fsp3) is 0.862. The lowest BCUT2D eigenvalue weighted by atomic mass is 9.47. The van der Waals surface area contributed by atoms with Gasteiger partial charge in [-0.05, 0) is 117 Å². The van der Waals surface area contributed by atoms with Crippen molar-refractivity contribution in [3.8, 4) is 0 Å². The van der Waals surface area contributed by atoms with Crippen molar-refractivity contribution in [1.82, 2.24) is 0 Å². The molecule has 1 nitrogen and oxygen atoms in total. The molecular formula is C29H48O. The number of aliphatic hydroxyl groups is 1. The van der Waals surface area contributed by atoms with E-state index in [2.05, 4.69) is 47.3 Å². The zero-order valence-corrected chi connectivity index (χ0v) is 20.6. The highest BCUT2D eigenvalue weighted by Crippen LogP contribution is 2.67. The minimum Gasteiger partial charge on any atom is -0.393 e. The Bertz CT molecular complexity index is 676. The Morgan fingerprint density at radius 2 is 1.87 bits per heavy atom. The highest BCUT2D eigenvalue weighted by molar-refractivity contribution is 5.25. The molecular weight excluding hydrogens is 364 g/mol. The van der Waals surface area contributed by atoms with Gasteiger partial charge in [-0.15, -0.1) is 0 Å². The van der Waals surface area contributed by atoms with Crippen LogP contribution >= 0.6 is 0 Å². The first kappa shape index (κ1) is 22.6. The molecule has 0 aromatic rings. The van der Waals surface area contributed by atoms with Crippen LogP contribution in [0.4, 0.5) is 0 Å². The Kier molecular flexibility index (Phi) is 6.35. The third kappa shape index (κ3) is 3.66. The van der Waals surface area contributed by atoms with Gasteiger partial charge in [0, 0.05) is 0 Å². The van der Waals surface area contributed by atoms with Gasteiger partial charge in [0.1, 0.15) is 0 Å². The summed E-state index contributed by atoms with van der Waals surface area (Å²) in [5, 5.41) is 10.2. The molecule has 9 atom stereocenters. The Labute approximate surface area is 186 Å². The van der Waals surface area contributed by atoms with Crippen molar-refractivity contribution < 1.29 is 5.11 Å². The van der Waals surface area contributed by atoms with Crippen LogP contribution in [0.3, 0.4) is 0 Å². The number of hydrogen-bond acceptors (Lipinski definition) is 1. The molecule has 0 radical (unpaired) electrons. The average molecular weight is 413 g/mol. The quantitative estimate of drug-likeness (QED) is 0.439. The molecule has 0 amide bonds. The molecule has 1 N–H and O–H groups in total. The summed E-state index contributed by atoms with van der Waals surface area (Å²) < 4.78 is 0. The second-order valence-corrected chi connectivity index (χ2v) is 12.4. The van der Waals surface area contributed by atoms with Crippen molar-refractivity contribution in [2.75, 3.05) is 0 Å². The lowest BCUT2D eigenvalue weighted by Crippen LogP contribution is -2.50. The normalized spacial score (nSPS) is 45.0. The second-order valence-electron chi connectivity index (χ2n) is 12.4. The van der Waals surface area contributed by atoms with Crippen molar-refractivity contribution in [1.29, 1.82) is 0 Å². The molecule has 4 aliphatic carbocycles. The molecule has 4 rings (SSSR count). The summed E-state index contributed by atoms with van der Waals surface area (Å²) in [5.41, 5.74) is 3.98. The fourth-order valence-corrected chi connectivity index (χ4v) is 8.88. The van der Waals surface area contributed by atoms with Gasteiger partial charge in [-0.3, -0.25) is 0 Å². The van der Waals surface area contributed by atoms with Gasteiger partial charge in [0.05, 0.1) is 6.10 Å². The third-order valence-corrected chi connectivity index (χ3v) is 11.0. The van der Waals surface area contributed by atoms with E-state index in [1.807, 2.05) is 0 Å². The van der Waals surface area contributed by atoms with Crippen LogP contribution in [0.5, 0.6) is 0 Å². The van der Waals surface area contributed by atoms with Crippen molar-refractivity contribution in [2.45, 2.75) is 111 Å². The summed E-state index contributed by atoms with van der Waals surface area (Å²) in [6.45, 7) is 16.7. The second kappa shape index (κ2) is 8.42. The van der Waals surface area contributed by atoms with Crippen LogP contribution in [0, 0.1) is 46.3 Å². The largest absolute Gasteiger partial charge is 0.393 e. The Morgan fingerprint density at radius 1 is 1.10 bits per heavy atom. The Hall–Kier alpha value is -0.560. The van der Waals surface area contributed by atoms with Crippen LogP contribution < -0.4 is 0 Å². The molecule has 3 saturated carbocycles. The highest BCUT2D eigenvalue weighted by atomic mass is 16.3. The van der Waals surface area contributed by atoms with Gasteiger partial charge >= 0.3 is 0 Å². The molecule has 1 heteroatoms. The maximum Gasteiger partial charge on any atom is 0.0577 e. The maximum atomic E-state index is 10.2. The molecule has 0 unspecified atom stereocenters. The summed E-state index contributed by atoms with van der Waals surface area (Å²) in [6, 6.07) is 0. The first-order chi connectivity index (χ1) is 14.2. The van der Waals surface area contributed by atoms with Crippen LogP contribution in [0.25, 0.3) is 0 Å². The lowest BCUT2D eigenvalue weighted by molar-refractivity contribution is -0.0573. The zero-order valence-electron chi connectivity index (χ0n) is 20.6. The zero-order chi connectivity index (χ0) is 21.7. The summed E-state index contributed by atoms with van der Waals surface area (Å²) in [6.07, 6.45) is 16.6. The van der Waals surface area contributed by atoms with Crippen LogP contribution in [0.1, 0.15) is 105 Å². The van der Waals surface area contributed by atoms with Gasteiger partial charge in [-0.2, -0.15) is 0 Å². The van der Waals surface area contributed by atoms with Gasteiger partial charge in [-0.25, -0.2) is 0 Å². The molecule has 170 valence electrons. The molecule has 4 aliphatic rings. The average Bonchev–Trinajstić information content (AvgIpc) is 3.09. The van der Waals surface area contributed by atoms with Crippen LogP contribution in [-0.4, -0.2) is 11.2 Å². The van der Waals surface area contributed by atoms with Crippen molar-refractivity contribution >= 4 is 0 Å². The molecule has 0 heterocycles. The van der Waals surface area contributed by atoms with E-state index in [1.54, 1.807) is 5.57 Å². The van der Waals surface area contributed by atoms with Gasteiger partial charge in [-0.1, -0.05) is 58.4 Å². The van der Waals surface area contributed by atoms with E-state index in [9.17, 15) is 5.11 Å². The van der Waals surface area contributed by atoms with E-state index >= 15 is 0 Å². The van der Waals surface area contributed by atoms with Crippen LogP contribution in [-0.2, 0) is 0 Å². The van der Waals surface area contributed by atoms with Gasteiger partial charge in [0.15, 0.2) is 0 Å². The smallest absolute Gasteiger partial charge is 0.0577 e. The van der Waals surface area contributed by atoms with Gasteiger partial charge < -0.3 is 5.11 Å². The van der Waals surface area contributed by atoms with Crippen LogP contribution in [0.2, 0.25) is 0 Å². The van der Waals surface area contributed by atoms with E-state index in [0.717, 1.165) is 48.9 Å². The summed E-state index contributed by atoms with van der Waals surface area (Å²) in [4.78, 5) is 0. The SMILES string of the molecule is C=C(CC)[C@H](C)CC[C@@H](C)[C@@H]1CC[C@H]2[C@H]3CC=C4C[C@@H](O)CC[C@@]4(C)[C@H]3CC[C@@]21C. The Morgan fingerprint density at radius 3 is 2.60 bits per heavy atom. The molecule has 3 fully saturated rings.